The Morgan fingerprint density at radius 2 is 2.19 bits per heavy atom. The average Bonchev–Trinajstić information content (AvgIpc) is 3.10. The van der Waals surface area contributed by atoms with Crippen LogP contribution >= 0.6 is 0 Å². The number of rotatable bonds is 8. The minimum Gasteiger partial charge on any atom is -0.384 e. The van der Waals surface area contributed by atoms with Gasteiger partial charge >= 0.3 is 0 Å². The Bertz CT molecular complexity index is 751. The Labute approximate surface area is 158 Å². The molecule has 0 aliphatic heterocycles. The fourth-order valence-electron chi connectivity index (χ4n) is 3.83. The monoisotopic (exact) mass is 348 g/mol. The van der Waals surface area contributed by atoms with E-state index in [0.717, 1.165) is 25.1 Å². The maximum absolute atomic E-state index is 4.36. The van der Waals surface area contributed by atoms with Gasteiger partial charge < -0.3 is 10.6 Å². The van der Waals surface area contributed by atoms with Crippen LogP contribution in [0.25, 0.3) is 5.70 Å². The summed E-state index contributed by atoms with van der Waals surface area (Å²) in [5, 5.41) is 7.29. The van der Waals surface area contributed by atoms with E-state index < -0.39 is 0 Å². The highest BCUT2D eigenvalue weighted by Gasteiger charge is 2.22. The van der Waals surface area contributed by atoms with Gasteiger partial charge in [0.2, 0.25) is 0 Å². The van der Waals surface area contributed by atoms with Crippen molar-refractivity contribution >= 4 is 11.4 Å². The van der Waals surface area contributed by atoms with Crippen molar-refractivity contribution in [2.75, 3.05) is 11.9 Å². The van der Waals surface area contributed by atoms with Crippen LogP contribution < -0.4 is 10.6 Å². The number of para-hydroxylation sites is 1. The number of fused-ring (bicyclic) bond motifs is 1. The molecule has 2 unspecified atom stereocenters. The number of anilines is 1. The Hall–Kier alpha value is -2.22. The van der Waals surface area contributed by atoms with E-state index >= 15 is 0 Å². The molecule has 2 nitrogen and oxygen atoms in total. The molecular weight excluding hydrogens is 316 g/mol. The van der Waals surface area contributed by atoms with Crippen LogP contribution in [-0.2, 0) is 0 Å². The van der Waals surface area contributed by atoms with E-state index in [-0.39, 0.29) is 0 Å². The minimum atomic E-state index is 0.353. The van der Waals surface area contributed by atoms with Crippen LogP contribution in [0.15, 0.2) is 60.2 Å². The SMILES string of the molecule is C=C(NC(C)C1C=C2C=CCC2=CC1)c1cccc(C)c1NCCCC. The number of benzene rings is 1. The van der Waals surface area contributed by atoms with E-state index in [0.29, 0.717) is 12.0 Å². The molecule has 2 aliphatic carbocycles. The highest BCUT2D eigenvalue weighted by molar-refractivity contribution is 5.76. The lowest BCUT2D eigenvalue weighted by Gasteiger charge is -2.27. The fraction of sp³-hybridized carbons (Fsp3) is 0.417. The summed E-state index contributed by atoms with van der Waals surface area (Å²) in [6, 6.07) is 6.80. The van der Waals surface area contributed by atoms with Crippen molar-refractivity contribution in [1.29, 1.82) is 0 Å². The third-order valence-corrected chi connectivity index (χ3v) is 5.51. The second-order valence-corrected chi connectivity index (χ2v) is 7.55. The maximum atomic E-state index is 4.36. The molecule has 0 saturated carbocycles. The van der Waals surface area contributed by atoms with E-state index in [1.54, 1.807) is 0 Å². The summed E-state index contributed by atoms with van der Waals surface area (Å²) in [5.74, 6) is 0.509. The van der Waals surface area contributed by atoms with Gasteiger partial charge in [0.1, 0.15) is 0 Å². The number of nitrogens with one attached hydrogen (secondary N) is 2. The molecule has 1 aromatic carbocycles. The Balaban J connectivity index is 1.69. The fourth-order valence-corrected chi connectivity index (χ4v) is 3.83. The Morgan fingerprint density at radius 1 is 1.35 bits per heavy atom. The van der Waals surface area contributed by atoms with Gasteiger partial charge in [0, 0.05) is 35.5 Å². The zero-order valence-corrected chi connectivity index (χ0v) is 16.4. The first-order chi connectivity index (χ1) is 12.6. The molecule has 0 heterocycles. The molecule has 2 heteroatoms. The summed E-state index contributed by atoms with van der Waals surface area (Å²) >= 11 is 0. The number of hydrogen-bond acceptors (Lipinski definition) is 2. The Morgan fingerprint density at radius 3 is 3.00 bits per heavy atom. The van der Waals surface area contributed by atoms with Gasteiger partial charge in [0.25, 0.3) is 0 Å². The quantitative estimate of drug-likeness (QED) is 0.564. The molecule has 3 rings (SSSR count). The highest BCUT2D eigenvalue weighted by Crippen LogP contribution is 2.33. The first-order valence-corrected chi connectivity index (χ1v) is 9.97. The molecule has 2 N–H and O–H groups in total. The van der Waals surface area contributed by atoms with Crippen molar-refractivity contribution < 1.29 is 0 Å². The van der Waals surface area contributed by atoms with Gasteiger partial charge in [-0.1, -0.05) is 62.4 Å². The minimum absolute atomic E-state index is 0.353. The van der Waals surface area contributed by atoms with Crippen LogP contribution in [0.5, 0.6) is 0 Å². The highest BCUT2D eigenvalue weighted by atomic mass is 14.9. The lowest BCUT2D eigenvalue weighted by Crippen LogP contribution is -2.32. The van der Waals surface area contributed by atoms with Gasteiger partial charge in [-0.2, -0.15) is 0 Å². The van der Waals surface area contributed by atoms with Crippen LogP contribution in [0.3, 0.4) is 0 Å². The van der Waals surface area contributed by atoms with E-state index in [4.69, 9.17) is 0 Å². The molecule has 2 aliphatic rings. The van der Waals surface area contributed by atoms with Gasteiger partial charge in [0.15, 0.2) is 0 Å². The second-order valence-electron chi connectivity index (χ2n) is 7.55. The summed E-state index contributed by atoms with van der Waals surface area (Å²) in [6.45, 7) is 12.0. The molecular formula is C24H32N2. The molecule has 0 spiro atoms. The molecule has 0 fully saturated rings. The third-order valence-electron chi connectivity index (χ3n) is 5.51. The molecule has 0 saturated heterocycles. The topological polar surface area (TPSA) is 24.1 Å². The molecule has 0 bridgehead atoms. The lowest BCUT2D eigenvalue weighted by molar-refractivity contribution is 0.487. The van der Waals surface area contributed by atoms with Gasteiger partial charge in [0.05, 0.1) is 0 Å². The van der Waals surface area contributed by atoms with Crippen LogP contribution in [0, 0.1) is 12.8 Å². The molecule has 138 valence electrons. The summed E-state index contributed by atoms with van der Waals surface area (Å²) in [4.78, 5) is 0. The summed E-state index contributed by atoms with van der Waals surface area (Å²) in [5.41, 5.74) is 7.60. The third kappa shape index (κ3) is 4.12. The van der Waals surface area contributed by atoms with E-state index in [1.165, 1.54) is 40.8 Å². The zero-order valence-electron chi connectivity index (χ0n) is 16.4. The second kappa shape index (κ2) is 8.44. The van der Waals surface area contributed by atoms with Crippen LogP contribution in [-0.4, -0.2) is 12.6 Å². The van der Waals surface area contributed by atoms with Crippen LogP contribution in [0.1, 0.15) is 50.7 Å². The molecule has 0 aromatic heterocycles. The molecule has 2 atom stereocenters. The van der Waals surface area contributed by atoms with Crippen molar-refractivity contribution in [3.63, 3.8) is 0 Å². The van der Waals surface area contributed by atoms with Crippen molar-refractivity contribution in [1.82, 2.24) is 5.32 Å². The Kier molecular flexibility index (Phi) is 6.03. The molecule has 26 heavy (non-hydrogen) atoms. The number of aryl methyl sites for hydroxylation is 1. The number of allylic oxidation sites excluding steroid dienone is 5. The summed E-state index contributed by atoms with van der Waals surface area (Å²) < 4.78 is 0. The smallest absolute Gasteiger partial charge is 0.0464 e. The van der Waals surface area contributed by atoms with E-state index in [1.807, 2.05) is 0 Å². The largest absolute Gasteiger partial charge is 0.384 e. The summed E-state index contributed by atoms with van der Waals surface area (Å²) in [6.07, 6.45) is 14.0. The van der Waals surface area contributed by atoms with Crippen molar-refractivity contribution in [2.45, 2.75) is 52.5 Å². The van der Waals surface area contributed by atoms with Gasteiger partial charge in [-0.3, -0.25) is 0 Å². The average molecular weight is 349 g/mol. The van der Waals surface area contributed by atoms with Crippen molar-refractivity contribution in [3.05, 3.63) is 71.4 Å². The van der Waals surface area contributed by atoms with Gasteiger partial charge in [-0.25, -0.2) is 0 Å². The molecule has 1 aromatic rings. The standard InChI is InChI=1S/C24H32N2/c1-5-6-15-25-24-17(2)9-7-12-23(24)19(4)26-18(3)21-14-13-20-10-8-11-22(20)16-21/h7-9,11-13,16,18,21,25-26H,4-6,10,14-15H2,1-3H3. The van der Waals surface area contributed by atoms with Crippen molar-refractivity contribution in [2.24, 2.45) is 5.92 Å². The van der Waals surface area contributed by atoms with Crippen LogP contribution in [0.2, 0.25) is 0 Å². The normalized spacial score (nSPS) is 19.4. The number of unbranched alkanes of at least 4 members (excludes halogenated alkanes) is 1. The molecule has 0 amide bonds. The van der Waals surface area contributed by atoms with Gasteiger partial charge in [-0.15, -0.1) is 0 Å². The lowest BCUT2D eigenvalue weighted by atomic mass is 9.87. The predicted molar refractivity (Wildman–Crippen MR) is 114 cm³/mol. The predicted octanol–water partition coefficient (Wildman–Crippen LogP) is 5.99. The summed E-state index contributed by atoms with van der Waals surface area (Å²) in [7, 11) is 0. The van der Waals surface area contributed by atoms with Crippen LogP contribution in [0.4, 0.5) is 5.69 Å². The maximum Gasteiger partial charge on any atom is 0.0464 e. The van der Waals surface area contributed by atoms with Gasteiger partial charge in [-0.05, 0) is 49.8 Å². The van der Waals surface area contributed by atoms with E-state index in [9.17, 15) is 0 Å². The first-order valence-electron chi connectivity index (χ1n) is 9.97. The number of hydrogen-bond donors (Lipinski definition) is 2. The molecule has 0 radical (unpaired) electrons. The van der Waals surface area contributed by atoms with E-state index in [2.05, 4.69) is 80.5 Å². The first kappa shape index (κ1) is 18.6. The zero-order chi connectivity index (χ0) is 18.5. The van der Waals surface area contributed by atoms with Crippen molar-refractivity contribution in [3.8, 4) is 0 Å².